The van der Waals surface area contributed by atoms with Gasteiger partial charge < -0.3 is 20.9 Å². The minimum absolute atomic E-state index is 0.187. The Bertz CT molecular complexity index is 1370. The molecular formula is C29H39N7O2S. The smallest absolute Gasteiger partial charge is 0.229 e. The predicted molar refractivity (Wildman–Crippen MR) is 157 cm³/mol. The van der Waals surface area contributed by atoms with Gasteiger partial charge in [0, 0.05) is 55.9 Å². The Balaban J connectivity index is 1.26. The van der Waals surface area contributed by atoms with Crippen molar-refractivity contribution in [1.29, 1.82) is 0 Å². The number of sulfone groups is 1. The Morgan fingerprint density at radius 1 is 0.974 bits per heavy atom. The molecule has 9 nitrogen and oxygen atoms in total. The van der Waals surface area contributed by atoms with Crippen LogP contribution in [0, 0.1) is 12.8 Å². The lowest BCUT2D eigenvalue weighted by Gasteiger charge is -2.32. The average Bonchev–Trinajstić information content (AvgIpc) is 2.93. The molecular weight excluding hydrogens is 510 g/mol. The third-order valence-corrected chi connectivity index (χ3v) is 9.41. The molecule has 39 heavy (non-hydrogen) atoms. The van der Waals surface area contributed by atoms with Crippen LogP contribution in [0.15, 0.2) is 59.6 Å². The molecule has 2 aromatic carbocycles. The quantitative estimate of drug-likeness (QED) is 0.368. The van der Waals surface area contributed by atoms with Crippen molar-refractivity contribution in [2.45, 2.75) is 31.2 Å². The normalized spacial score (nSPS) is 17.7. The summed E-state index contributed by atoms with van der Waals surface area (Å²) in [6.07, 6.45) is 3.56. The Morgan fingerprint density at radius 2 is 1.69 bits per heavy atom. The summed E-state index contributed by atoms with van der Waals surface area (Å²) in [7, 11) is -1.20. The van der Waals surface area contributed by atoms with Gasteiger partial charge in [0.25, 0.3) is 0 Å². The number of aromatic nitrogens is 2. The monoisotopic (exact) mass is 549 g/mol. The van der Waals surface area contributed by atoms with Crippen molar-refractivity contribution in [3.63, 3.8) is 0 Å². The molecule has 0 saturated carbocycles. The van der Waals surface area contributed by atoms with Gasteiger partial charge in [-0.25, -0.2) is 13.4 Å². The Morgan fingerprint density at radius 3 is 2.46 bits per heavy atom. The number of benzene rings is 2. The van der Waals surface area contributed by atoms with Gasteiger partial charge in [-0.05, 0) is 81.7 Å². The molecule has 0 atom stereocenters. The topological polar surface area (TPSA) is 102 Å². The number of hydrogen-bond donors (Lipinski definition) is 3. The van der Waals surface area contributed by atoms with E-state index in [-0.39, 0.29) is 11.7 Å². The number of nitrogens with zero attached hydrogens (tertiary/aromatic N) is 4. The zero-order chi connectivity index (χ0) is 27.2. The highest BCUT2D eigenvalue weighted by Crippen LogP contribution is 2.26. The van der Waals surface area contributed by atoms with E-state index in [1.807, 2.05) is 19.1 Å². The summed E-state index contributed by atoms with van der Waals surface area (Å²) in [5.41, 5.74) is 3.73. The van der Waals surface area contributed by atoms with Crippen molar-refractivity contribution in [2.75, 3.05) is 62.7 Å². The summed E-state index contributed by atoms with van der Waals surface area (Å²) >= 11 is 0. The minimum atomic E-state index is -3.37. The van der Waals surface area contributed by atoms with Crippen LogP contribution in [0.5, 0.6) is 0 Å². The van der Waals surface area contributed by atoms with E-state index in [1.54, 1.807) is 24.4 Å². The van der Waals surface area contributed by atoms with Gasteiger partial charge in [-0.1, -0.05) is 18.2 Å². The first-order valence-electron chi connectivity index (χ1n) is 13.8. The zero-order valence-corrected chi connectivity index (χ0v) is 23.7. The molecule has 3 heterocycles. The summed E-state index contributed by atoms with van der Waals surface area (Å²) in [5.74, 6) is 1.50. The first-order chi connectivity index (χ1) is 18.8. The fraction of sp³-hybridized carbons (Fsp3) is 0.448. The van der Waals surface area contributed by atoms with Crippen LogP contribution in [0.3, 0.4) is 0 Å². The highest BCUT2D eigenvalue weighted by Gasteiger charge is 2.23. The van der Waals surface area contributed by atoms with Gasteiger partial charge in [-0.15, -0.1) is 0 Å². The molecule has 2 aliphatic rings. The first kappa shape index (κ1) is 27.5. The van der Waals surface area contributed by atoms with Gasteiger partial charge in [0.15, 0.2) is 9.84 Å². The van der Waals surface area contributed by atoms with E-state index in [9.17, 15) is 8.42 Å². The van der Waals surface area contributed by atoms with Crippen molar-refractivity contribution in [1.82, 2.24) is 25.1 Å². The van der Waals surface area contributed by atoms with Crippen LogP contribution in [-0.2, 0) is 16.4 Å². The molecule has 3 aromatic rings. The lowest BCUT2D eigenvalue weighted by Crippen LogP contribution is -2.43. The Labute approximate surface area is 232 Å². The lowest BCUT2D eigenvalue weighted by molar-refractivity contribution is 0.148. The van der Waals surface area contributed by atoms with Gasteiger partial charge in [0.2, 0.25) is 5.95 Å². The van der Waals surface area contributed by atoms with Gasteiger partial charge in [-0.3, -0.25) is 4.90 Å². The second-order valence-corrected chi connectivity index (χ2v) is 12.8. The maximum atomic E-state index is 13.1. The second kappa shape index (κ2) is 12.4. The second-order valence-electron chi connectivity index (χ2n) is 10.8. The Kier molecular flexibility index (Phi) is 8.76. The van der Waals surface area contributed by atoms with E-state index in [0.29, 0.717) is 22.3 Å². The third kappa shape index (κ3) is 7.54. The number of piperazine rings is 1. The molecule has 0 spiro atoms. The summed E-state index contributed by atoms with van der Waals surface area (Å²) in [6, 6.07) is 15.4. The van der Waals surface area contributed by atoms with Crippen molar-refractivity contribution in [3.05, 3.63) is 65.9 Å². The predicted octanol–water partition coefficient (Wildman–Crippen LogP) is 3.79. The van der Waals surface area contributed by atoms with E-state index in [2.05, 4.69) is 56.0 Å². The molecule has 0 radical (unpaired) electrons. The number of anilines is 4. The molecule has 0 amide bonds. The highest BCUT2D eigenvalue weighted by atomic mass is 32.2. The van der Waals surface area contributed by atoms with Gasteiger partial charge >= 0.3 is 0 Å². The molecule has 0 aliphatic carbocycles. The van der Waals surface area contributed by atoms with E-state index in [4.69, 9.17) is 4.98 Å². The van der Waals surface area contributed by atoms with Crippen LogP contribution in [-0.4, -0.2) is 80.3 Å². The van der Waals surface area contributed by atoms with Crippen LogP contribution < -0.4 is 16.0 Å². The van der Waals surface area contributed by atoms with E-state index < -0.39 is 9.84 Å². The van der Waals surface area contributed by atoms with Crippen molar-refractivity contribution >= 4 is 33.0 Å². The number of nitrogens with one attached hydrogen (secondary N) is 3. The number of hydrogen-bond acceptors (Lipinski definition) is 9. The lowest BCUT2D eigenvalue weighted by atomic mass is 10.0. The molecule has 5 rings (SSSR count). The van der Waals surface area contributed by atoms with E-state index in [0.717, 1.165) is 69.9 Å². The molecule has 3 N–H and O–H groups in total. The van der Waals surface area contributed by atoms with Gasteiger partial charge in [-0.2, -0.15) is 4.98 Å². The third-order valence-electron chi connectivity index (χ3n) is 7.53. The molecule has 10 heteroatoms. The van der Waals surface area contributed by atoms with Gasteiger partial charge in [0.05, 0.1) is 10.6 Å². The van der Waals surface area contributed by atoms with Crippen LogP contribution in [0.1, 0.15) is 24.0 Å². The minimum Gasteiger partial charge on any atom is -0.340 e. The maximum absolute atomic E-state index is 13.1. The number of rotatable bonds is 9. The molecule has 208 valence electrons. The summed E-state index contributed by atoms with van der Waals surface area (Å²) in [4.78, 5) is 14.3. The molecule has 2 fully saturated rings. The van der Waals surface area contributed by atoms with E-state index in [1.165, 1.54) is 5.56 Å². The maximum Gasteiger partial charge on any atom is 0.229 e. The Hall–Kier alpha value is -3.05. The van der Waals surface area contributed by atoms with Crippen LogP contribution in [0.2, 0.25) is 0 Å². The van der Waals surface area contributed by atoms with Crippen LogP contribution in [0.4, 0.5) is 23.1 Å². The molecule has 0 unspecified atom stereocenters. The fourth-order valence-electron chi connectivity index (χ4n) is 5.13. The SMILES string of the molecule is Cc1cnc(Nc2cccc(CN3CCN(C)CC3)c2)nc1Nc1cccc(S(=O)(=O)CC2CCNCC2)c1. The van der Waals surface area contributed by atoms with E-state index >= 15 is 0 Å². The zero-order valence-electron chi connectivity index (χ0n) is 22.9. The van der Waals surface area contributed by atoms with Crippen molar-refractivity contribution in [2.24, 2.45) is 5.92 Å². The standard InChI is InChI=1S/C29H39N7O2S/c1-22-19-31-29(33-25-6-3-5-24(17-25)20-36-15-13-35(2)14-16-36)34-28(22)32-26-7-4-8-27(18-26)39(37,38)21-23-9-11-30-12-10-23/h3-8,17-19,23,30H,9-16,20-21H2,1-2H3,(H2,31,32,33,34). The van der Waals surface area contributed by atoms with Crippen molar-refractivity contribution in [3.8, 4) is 0 Å². The first-order valence-corrected chi connectivity index (χ1v) is 15.4. The van der Waals surface area contributed by atoms with Crippen molar-refractivity contribution < 1.29 is 8.42 Å². The summed E-state index contributed by atoms with van der Waals surface area (Å²) in [6.45, 7) is 8.95. The number of piperidine rings is 1. The molecule has 0 bridgehead atoms. The largest absolute Gasteiger partial charge is 0.340 e. The van der Waals surface area contributed by atoms with Crippen LogP contribution >= 0.6 is 0 Å². The van der Waals surface area contributed by atoms with Crippen LogP contribution in [0.25, 0.3) is 0 Å². The van der Waals surface area contributed by atoms with Gasteiger partial charge in [0.1, 0.15) is 5.82 Å². The summed E-state index contributed by atoms with van der Waals surface area (Å²) in [5, 5.41) is 9.94. The molecule has 1 aromatic heterocycles. The number of likely N-dealkylation sites (N-methyl/N-ethyl adjacent to an activating group) is 1. The average molecular weight is 550 g/mol. The number of aryl methyl sites for hydroxylation is 1. The fourth-order valence-corrected chi connectivity index (χ4v) is 6.87. The molecule has 2 aliphatic heterocycles. The summed E-state index contributed by atoms with van der Waals surface area (Å²) < 4.78 is 26.2. The highest BCUT2D eigenvalue weighted by molar-refractivity contribution is 7.91. The molecule has 2 saturated heterocycles.